The maximum atomic E-state index is 12.1. The van der Waals surface area contributed by atoms with E-state index in [0.717, 1.165) is 16.7 Å². The molecule has 0 fully saturated rings. The molecule has 1 N–H and O–H groups in total. The molecular formula is C21H26N2O2. The Morgan fingerprint density at radius 3 is 2.48 bits per heavy atom. The van der Waals surface area contributed by atoms with Gasteiger partial charge in [0.05, 0.1) is 6.42 Å². The number of amides is 2. The van der Waals surface area contributed by atoms with E-state index in [4.69, 9.17) is 0 Å². The van der Waals surface area contributed by atoms with Crippen molar-refractivity contribution >= 4 is 11.8 Å². The number of rotatable bonds is 7. The van der Waals surface area contributed by atoms with Gasteiger partial charge in [-0.3, -0.25) is 9.59 Å². The number of hydrogen-bond donors (Lipinski definition) is 1. The summed E-state index contributed by atoms with van der Waals surface area (Å²) in [6.45, 7) is 7.11. The molecule has 2 aromatic carbocycles. The van der Waals surface area contributed by atoms with Crippen molar-refractivity contribution < 1.29 is 9.59 Å². The Bertz CT molecular complexity index is 740. The Balaban J connectivity index is 1.84. The minimum Gasteiger partial charge on any atom is -0.354 e. The van der Waals surface area contributed by atoms with E-state index in [0.29, 0.717) is 26.1 Å². The van der Waals surface area contributed by atoms with Crippen molar-refractivity contribution in [2.75, 3.05) is 13.1 Å². The topological polar surface area (TPSA) is 49.4 Å². The Kier molecular flexibility index (Phi) is 6.75. The summed E-state index contributed by atoms with van der Waals surface area (Å²) >= 11 is 0. The van der Waals surface area contributed by atoms with Crippen molar-refractivity contribution in [3.05, 3.63) is 70.8 Å². The number of hydrogen-bond acceptors (Lipinski definition) is 2. The molecule has 0 saturated carbocycles. The molecule has 0 aliphatic carbocycles. The zero-order valence-corrected chi connectivity index (χ0v) is 15.2. The second kappa shape index (κ2) is 9.02. The molecule has 0 heterocycles. The zero-order chi connectivity index (χ0) is 18.2. The van der Waals surface area contributed by atoms with Gasteiger partial charge in [-0.05, 0) is 30.5 Å². The normalized spacial score (nSPS) is 10.4. The molecule has 0 aromatic heterocycles. The summed E-state index contributed by atoms with van der Waals surface area (Å²) in [5.74, 6) is -0.0111. The van der Waals surface area contributed by atoms with Gasteiger partial charge in [0, 0.05) is 26.6 Å². The lowest BCUT2D eigenvalue weighted by Crippen LogP contribution is -2.37. The fourth-order valence-corrected chi connectivity index (χ4v) is 2.75. The Morgan fingerprint density at radius 2 is 1.80 bits per heavy atom. The first-order valence-electron chi connectivity index (χ1n) is 8.58. The van der Waals surface area contributed by atoms with Crippen LogP contribution in [0.15, 0.2) is 48.5 Å². The van der Waals surface area contributed by atoms with Crippen LogP contribution in [0.25, 0.3) is 0 Å². The summed E-state index contributed by atoms with van der Waals surface area (Å²) in [5, 5.41) is 2.91. The lowest BCUT2D eigenvalue weighted by molar-refractivity contribution is -0.130. The molecule has 0 aliphatic rings. The van der Waals surface area contributed by atoms with Gasteiger partial charge in [-0.25, -0.2) is 0 Å². The predicted molar refractivity (Wildman–Crippen MR) is 100 cm³/mol. The van der Waals surface area contributed by atoms with E-state index in [-0.39, 0.29) is 11.8 Å². The van der Waals surface area contributed by atoms with Crippen LogP contribution in [0.1, 0.15) is 29.2 Å². The summed E-state index contributed by atoms with van der Waals surface area (Å²) in [4.78, 5) is 25.7. The van der Waals surface area contributed by atoms with Crippen LogP contribution < -0.4 is 5.32 Å². The Morgan fingerprint density at radius 1 is 1.04 bits per heavy atom. The summed E-state index contributed by atoms with van der Waals surface area (Å²) in [6.07, 6.45) is 0.366. The number of carbonyl (C=O) groups is 2. The molecule has 0 bridgehead atoms. The Hall–Kier alpha value is -2.62. The summed E-state index contributed by atoms with van der Waals surface area (Å²) in [5.41, 5.74) is 4.42. The van der Waals surface area contributed by atoms with Crippen LogP contribution in [0, 0.1) is 13.8 Å². The van der Waals surface area contributed by atoms with Crippen LogP contribution in [0.5, 0.6) is 0 Å². The largest absolute Gasteiger partial charge is 0.354 e. The molecule has 0 unspecified atom stereocenters. The number of nitrogens with one attached hydrogen (secondary N) is 1. The van der Waals surface area contributed by atoms with Gasteiger partial charge in [0.15, 0.2) is 0 Å². The first-order valence-corrected chi connectivity index (χ1v) is 8.58. The average molecular weight is 338 g/mol. The number of carbonyl (C=O) groups excluding carboxylic acids is 2. The summed E-state index contributed by atoms with van der Waals surface area (Å²) in [7, 11) is 0. The van der Waals surface area contributed by atoms with Gasteiger partial charge in [0.2, 0.25) is 11.8 Å². The second-order valence-electron chi connectivity index (χ2n) is 6.38. The third kappa shape index (κ3) is 6.07. The second-order valence-corrected chi connectivity index (χ2v) is 6.38. The third-order valence-electron chi connectivity index (χ3n) is 4.22. The highest BCUT2D eigenvalue weighted by Crippen LogP contribution is 2.09. The first kappa shape index (κ1) is 18.7. The van der Waals surface area contributed by atoms with Crippen LogP contribution in [0.3, 0.4) is 0 Å². The quantitative estimate of drug-likeness (QED) is 0.844. The van der Waals surface area contributed by atoms with E-state index in [9.17, 15) is 9.59 Å². The lowest BCUT2D eigenvalue weighted by atomic mass is 10.1. The van der Waals surface area contributed by atoms with Crippen LogP contribution in [0.2, 0.25) is 0 Å². The highest BCUT2D eigenvalue weighted by molar-refractivity contribution is 5.79. The van der Waals surface area contributed by atoms with Crippen LogP contribution in [-0.4, -0.2) is 29.8 Å². The van der Waals surface area contributed by atoms with E-state index in [1.807, 2.05) is 56.3 Å². The van der Waals surface area contributed by atoms with Crippen molar-refractivity contribution in [3.63, 3.8) is 0 Å². The van der Waals surface area contributed by atoms with Crippen LogP contribution in [-0.2, 0) is 22.6 Å². The molecule has 2 amide bonds. The van der Waals surface area contributed by atoms with Gasteiger partial charge in [-0.15, -0.1) is 0 Å². The molecule has 4 nitrogen and oxygen atoms in total. The van der Waals surface area contributed by atoms with Gasteiger partial charge >= 0.3 is 0 Å². The molecule has 132 valence electrons. The molecule has 0 saturated heterocycles. The van der Waals surface area contributed by atoms with Gasteiger partial charge < -0.3 is 10.2 Å². The molecule has 2 rings (SSSR count). The molecule has 0 atom stereocenters. The van der Waals surface area contributed by atoms with E-state index < -0.39 is 0 Å². The van der Waals surface area contributed by atoms with Crippen molar-refractivity contribution in [2.24, 2.45) is 0 Å². The average Bonchev–Trinajstić information content (AvgIpc) is 2.56. The number of aryl methyl sites for hydroxylation is 2. The van der Waals surface area contributed by atoms with E-state index in [1.165, 1.54) is 5.56 Å². The van der Waals surface area contributed by atoms with Gasteiger partial charge in [0.1, 0.15) is 0 Å². The van der Waals surface area contributed by atoms with Gasteiger partial charge in [-0.1, -0.05) is 54.1 Å². The van der Waals surface area contributed by atoms with E-state index in [2.05, 4.69) is 11.4 Å². The first-order chi connectivity index (χ1) is 12.0. The van der Waals surface area contributed by atoms with Crippen LogP contribution >= 0.6 is 0 Å². The smallest absolute Gasteiger partial charge is 0.224 e. The van der Waals surface area contributed by atoms with E-state index in [1.54, 1.807) is 11.8 Å². The molecular weight excluding hydrogens is 312 g/mol. The molecule has 4 heteroatoms. The highest BCUT2D eigenvalue weighted by atomic mass is 16.2. The highest BCUT2D eigenvalue weighted by Gasteiger charge is 2.11. The van der Waals surface area contributed by atoms with Crippen molar-refractivity contribution in [3.8, 4) is 0 Å². The molecule has 25 heavy (non-hydrogen) atoms. The van der Waals surface area contributed by atoms with Crippen molar-refractivity contribution in [1.29, 1.82) is 0 Å². The van der Waals surface area contributed by atoms with E-state index >= 15 is 0 Å². The standard InChI is InChI=1S/C21H26N2O2/c1-16-7-6-9-19(13-16)15-23(18(3)24)12-11-22-21(25)14-20-10-5-4-8-17(20)2/h4-10,13H,11-12,14-15H2,1-3H3,(H,22,25). The molecule has 0 aliphatic heterocycles. The van der Waals surface area contributed by atoms with Crippen LogP contribution in [0.4, 0.5) is 0 Å². The Labute approximate surface area is 149 Å². The number of benzene rings is 2. The predicted octanol–water partition coefficient (Wildman–Crippen LogP) is 3.01. The minimum atomic E-state index is -0.0200. The fourth-order valence-electron chi connectivity index (χ4n) is 2.75. The summed E-state index contributed by atoms with van der Waals surface area (Å²) in [6, 6.07) is 16.0. The molecule has 2 aromatic rings. The fraction of sp³-hybridized carbons (Fsp3) is 0.333. The monoisotopic (exact) mass is 338 g/mol. The van der Waals surface area contributed by atoms with Crippen molar-refractivity contribution in [1.82, 2.24) is 10.2 Å². The molecule has 0 spiro atoms. The van der Waals surface area contributed by atoms with Crippen molar-refractivity contribution in [2.45, 2.75) is 33.7 Å². The maximum Gasteiger partial charge on any atom is 0.224 e. The maximum absolute atomic E-state index is 12.1. The molecule has 0 radical (unpaired) electrons. The SMILES string of the molecule is CC(=O)N(CCNC(=O)Cc1ccccc1C)Cc1cccc(C)c1. The van der Waals surface area contributed by atoms with Gasteiger partial charge in [-0.2, -0.15) is 0 Å². The van der Waals surface area contributed by atoms with Gasteiger partial charge in [0.25, 0.3) is 0 Å². The zero-order valence-electron chi connectivity index (χ0n) is 15.2. The third-order valence-corrected chi connectivity index (χ3v) is 4.22. The summed E-state index contributed by atoms with van der Waals surface area (Å²) < 4.78 is 0. The lowest BCUT2D eigenvalue weighted by Gasteiger charge is -2.21. The number of nitrogens with zero attached hydrogens (tertiary/aromatic N) is 1. The minimum absolute atomic E-state index is 0.00894.